The van der Waals surface area contributed by atoms with E-state index < -0.39 is 0 Å². The van der Waals surface area contributed by atoms with Crippen molar-refractivity contribution in [1.82, 2.24) is 20.5 Å². The van der Waals surface area contributed by atoms with Crippen molar-refractivity contribution in [1.29, 1.82) is 0 Å². The van der Waals surface area contributed by atoms with Gasteiger partial charge in [-0.15, -0.1) is 0 Å². The minimum absolute atomic E-state index is 0.172. The number of aryl methyl sites for hydroxylation is 1. The molecule has 148 valence electrons. The summed E-state index contributed by atoms with van der Waals surface area (Å²) >= 11 is 0. The van der Waals surface area contributed by atoms with Gasteiger partial charge in [-0.3, -0.25) is 14.6 Å². The Hall–Kier alpha value is -2.77. The number of para-hydroxylation sites is 1. The van der Waals surface area contributed by atoms with Crippen LogP contribution < -0.4 is 16.0 Å². The van der Waals surface area contributed by atoms with Crippen molar-refractivity contribution in [3.05, 3.63) is 59.4 Å². The van der Waals surface area contributed by atoms with Gasteiger partial charge < -0.3 is 20.9 Å². The normalized spacial score (nSPS) is 14.5. The Labute approximate surface area is 165 Å². The van der Waals surface area contributed by atoms with Gasteiger partial charge in [-0.2, -0.15) is 0 Å². The number of aromatic nitrogens is 1. The molecule has 7 nitrogen and oxygen atoms in total. The summed E-state index contributed by atoms with van der Waals surface area (Å²) in [6, 6.07) is 8.73. The van der Waals surface area contributed by atoms with Crippen LogP contribution in [0.2, 0.25) is 0 Å². The number of pyridine rings is 1. The number of carbonyl (C=O) groups excluding carboxylic acids is 2. The number of piperazine rings is 1. The summed E-state index contributed by atoms with van der Waals surface area (Å²) in [5.41, 5.74) is 2.37. The number of rotatable bonds is 7. The minimum Gasteiger partial charge on any atom is -0.352 e. The maximum atomic E-state index is 12.7. The molecule has 0 spiro atoms. The molecule has 1 aliphatic heterocycles. The van der Waals surface area contributed by atoms with E-state index in [4.69, 9.17) is 0 Å². The van der Waals surface area contributed by atoms with E-state index in [-0.39, 0.29) is 11.8 Å². The lowest BCUT2D eigenvalue weighted by atomic mass is 10.1. The van der Waals surface area contributed by atoms with Crippen molar-refractivity contribution in [2.75, 3.05) is 44.6 Å². The number of anilines is 1. The van der Waals surface area contributed by atoms with E-state index in [9.17, 15) is 9.59 Å². The van der Waals surface area contributed by atoms with Crippen LogP contribution in [0.15, 0.2) is 42.7 Å². The Balaban J connectivity index is 1.59. The van der Waals surface area contributed by atoms with Crippen LogP contribution in [-0.2, 0) is 0 Å². The second-order valence-corrected chi connectivity index (χ2v) is 6.89. The highest BCUT2D eigenvalue weighted by Crippen LogP contribution is 2.21. The van der Waals surface area contributed by atoms with Crippen LogP contribution in [0.25, 0.3) is 0 Å². The molecule has 28 heavy (non-hydrogen) atoms. The number of hydrogen-bond donors (Lipinski definition) is 3. The number of carbonyl (C=O) groups is 2. The predicted octanol–water partition coefficient (Wildman–Crippen LogP) is 1.67. The molecule has 0 atom stereocenters. The van der Waals surface area contributed by atoms with Gasteiger partial charge in [-0.05, 0) is 43.7 Å². The van der Waals surface area contributed by atoms with Crippen LogP contribution in [0.1, 0.15) is 32.7 Å². The van der Waals surface area contributed by atoms with Crippen molar-refractivity contribution in [3.8, 4) is 0 Å². The summed E-state index contributed by atoms with van der Waals surface area (Å²) in [6.45, 7) is 7.61. The first-order valence-electron chi connectivity index (χ1n) is 9.67. The van der Waals surface area contributed by atoms with Crippen LogP contribution in [0, 0.1) is 6.92 Å². The third kappa shape index (κ3) is 5.37. The third-order valence-corrected chi connectivity index (χ3v) is 4.84. The largest absolute Gasteiger partial charge is 0.352 e. The summed E-state index contributed by atoms with van der Waals surface area (Å²) in [5.74, 6) is -0.432. The molecule has 3 rings (SSSR count). The molecule has 0 unspecified atom stereocenters. The zero-order chi connectivity index (χ0) is 19.8. The van der Waals surface area contributed by atoms with Crippen molar-refractivity contribution in [2.24, 2.45) is 0 Å². The molecule has 1 saturated heterocycles. The zero-order valence-corrected chi connectivity index (χ0v) is 16.2. The molecule has 1 fully saturated rings. The van der Waals surface area contributed by atoms with Gasteiger partial charge in [0, 0.05) is 50.7 Å². The van der Waals surface area contributed by atoms with Gasteiger partial charge in [-0.1, -0.05) is 12.1 Å². The van der Waals surface area contributed by atoms with Gasteiger partial charge >= 0.3 is 0 Å². The molecule has 1 aliphatic rings. The predicted molar refractivity (Wildman–Crippen MR) is 110 cm³/mol. The maximum Gasteiger partial charge on any atom is 0.255 e. The summed E-state index contributed by atoms with van der Waals surface area (Å²) in [5, 5.41) is 9.19. The van der Waals surface area contributed by atoms with Crippen LogP contribution in [-0.4, -0.2) is 61.0 Å². The Morgan fingerprint density at radius 3 is 2.61 bits per heavy atom. The summed E-state index contributed by atoms with van der Waals surface area (Å²) in [7, 11) is 0. The van der Waals surface area contributed by atoms with Gasteiger partial charge in [0.25, 0.3) is 11.8 Å². The fraction of sp³-hybridized carbons (Fsp3) is 0.381. The maximum absolute atomic E-state index is 12.7. The van der Waals surface area contributed by atoms with E-state index in [0.29, 0.717) is 23.4 Å². The highest BCUT2D eigenvalue weighted by Gasteiger charge is 2.16. The molecular formula is C21H27N5O2. The van der Waals surface area contributed by atoms with Crippen LogP contribution in [0.4, 0.5) is 5.69 Å². The van der Waals surface area contributed by atoms with Crippen molar-refractivity contribution >= 4 is 17.5 Å². The van der Waals surface area contributed by atoms with Gasteiger partial charge in [0.2, 0.25) is 0 Å². The highest BCUT2D eigenvalue weighted by atomic mass is 16.2. The second-order valence-electron chi connectivity index (χ2n) is 6.89. The first kappa shape index (κ1) is 20.0. The van der Waals surface area contributed by atoms with Crippen LogP contribution >= 0.6 is 0 Å². The van der Waals surface area contributed by atoms with Crippen molar-refractivity contribution in [3.63, 3.8) is 0 Å². The summed E-state index contributed by atoms with van der Waals surface area (Å²) in [4.78, 5) is 31.5. The standard InChI is InChI=1S/C21H27N5O2/c1-16-4-2-5-18(19(16)25-20(27)17-6-9-22-10-7-17)21(28)24-8-3-13-26-14-11-23-12-15-26/h2,4-7,9-10,23H,3,8,11-15H2,1H3,(H,24,28)(H,25,27). The van der Waals surface area contributed by atoms with Gasteiger partial charge in [0.05, 0.1) is 11.3 Å². The molecule has 2 aromatic rings. The average molecular weight is 381 g/mol. The number of benzene rings is 1. The van der Waals surface area contributed by atoms with Crippen LogP contribution in [0.3, 0.4) is 0 Å². The lowest BCUT2D eigenvalue weighted by molar-refractivity contribution is 0.0952. The molecule has 0 radical (unpaired) electrons. The summed E-state index contributed by atoms with van der Waals surface area (Å²) < 4.78 is 0. The van der Waals surface area contributed by atoms with E-state index >= 15 is 0 Å². The molecule has 0 saturated carbocycles. The topological polar surface area (TPSA) is 86.4 Å². The Morgan fingerprint density at radius 2 is 1.86 bits per heavy atom. The third-order valence-electron chi connectivity index (χ3n) is 4.84. The molecule has 2 amide bonds. The molecule has 1 aromatic carbocycles. The smallest absolute Gasteiger partial charge is 0.255 e. The van der Waals surface area contributed by atoms with Gasteiger partial charge in [0.1, 0.15) is 0 Å². The fourth-order valence-corrected chi connectivity index (χ4v) is 3.25. The SMILES string of the molecule is Cc1cccc(C(=O)NCCCN2CCNCC2)c1NC(=O)c1ccncc1. The molecule has 0 bridgehead atoms. The molecular weight excluding hydrogens is 354 g/mol. The van der Waals surface area contributed by atoms with Gasteiger partial charge in [-0.25, -0.2) is 0 Å². The number of hydrogen-bond acceptors (Lipinski definition) is 5. The summed E-state index contributed by atoms with van der Waals surface area (Å²) in [6.07, 6.45) is 4.04. The lowest BCUT2D eigenvalue weighted by Gasteiger charge is -2.27. The van der Waals surface area contributed by atoms with E-state index in [1.165, 1.54) is 0 Å². The molecule has 3 N–H and O–H groups in total. The monoisotopic (exact) mass is 381 g/mol. The van der Waals surface area contributed by atoms with Crippen LogP contribution in [0.5, 0.6) is 0 Å². The molecule has 7 heteroatoms. The van der Waals surface area contributed by atoms with E-state index in [1.807, 2.05) is 19.1 Å². The fourth-order valence-electron chi connectivity index (χ4n) is 3.25. The molecule has 1 aromatic heterocycles. The first-order chi connectivity index (χ1) is 13.6. The quantitative estimate of drug-likeness (QED) is 0.635. The van der Waals surface area contributed by atoms with Gasteiger partial charge in [0.15, 0.2) is 0 Å². The van der Waals surface area contributed by atoms with Crippen molar-refractivity contribution in [2.45, 2.75) is 13.3 Å². The Morgan fingerprint density at radius 1 is 1.11 bits per heavy atom. The first-order valence-corrected chi connectivity index (χ1v) is 9.67. The second kappa shape index (κ2) is 9.96. The molecule has 2 heterocycles. The van der Waals surface area contributed by atoms with E-state index in [0.717, 1.165) is 44.7 Å². The number of nitrogens with zero attached hydrogens (tertiary/aromatic N) is 2. The lowest BCUT2D eigenvalue weighted by Crippen LogP contribution is -2.44. The van der Waals surface area contributed by atoms with E-state index in [2.05, 4.69) is 25.8 Å². The average Bonchev–Trinajstić information content (AvgIpc) is 2.74. The molecule has 0 aliphatic carbocycles. The number of nitrogens with one attached hydrogen (secondary N) is 3. The minimum atomic E-state index is -0.260. The Kier molecular flexibility index (Phi) is 7.11. The zero-order valence-electron chi connectivity index (χ0n) is 16.2. The van der Waals surface area contributed by atoms with Crippen molar-refractivity contribution < 1.29 is 9.59 Å². The highest BCUT2D eigenvalue weighted by molar-refractivity contribution is 6.09. The number of amides is 2. The Bertz CT molecular complexity index is 804. The van der Waals surface area contributed by atoms with E-state index in [1.54, 1.807) is 30.6 Å².